The number of esters is 1. The van der Waals surface area contributed by atoms with Crippen LogP contribution in [0.2, 0.25) is 0 Å². The van der Waals surface area contributed by atoms with Crippen LogP contribution in [0.3, 0.4) is 0 Å². The van der Waals surface area contributed by atoms with Gasteiger partial charge in [0.2, 0.25) is 0 Å². The lowest BCUT2D eigenvalue weighted by Gasteiger charge is -2.26. The predicted octanol–water partition coefficient (Wildman–Crippen LogP) is 3.59. The maximum atomic E-state index is 13.7. The highest BCUT2D eigenvalue weighted by Gasteiger charge is 2.35. The zero-order valence-corrected chi connectivity index (χ0v) is 21.2. The zero-order valence-electron chi connectivity index (χ0n) is 20.4. The number of hydrogen-bond acceptors (Lipinski definition) is 7. The minimum atomic E-state index is -0.724. The van der Waals surface area contributed by atoms with Crippen molar-refractivity contribution in [3.63, 3.8) is 0 Å². The van der Waals surface area contributed by atoms with Gasteiger partial charge in [-0.25, -0.2) is 9.79 Å². The molecule has 0 spiro atoms. The van der Waals surface area contributed by atoms with E-state index in [2.05, 4.69) is 4.99 Å². The molecule has 4 rings (SSSR count). The molecule has 7 nitrogen and oxygen atoms in total. The fourth-order valence-electron chi connectivity index (χ4n) is 4.00. The molecule has 0 aliphatic carbocycles. The topological polar surface area (TPSA) is 79.1 Å². The number of thiazole rings is 1. The smallest absolute Gasteiger partial charge is 0.338 e. The molecular formula is C27H28N2O5S. The lowest BCUT2D eigenvalue weighted by molar-refractivity contribution is -0.139. The van der Waals surface area contributed by atoms with E-state index in [1.807, 2.05) is 68.5 Å². The minimum absolute atomic E-state index is 0.0850. The molecule has 1 aromatic heterocycles. The van der Waals surface area contributed by atoms with Gasteiger partial charge in [-0.05, 0) is 57.5 Å². The SMILES string of the molecule is CCOC(=O)C1=C(C)N=c2s/c(=C\c3ccc(OC)cc3)c(=O)n2C1c1ccccc1OC(C)C. The molecule has 2 aromatic carbocycles. The predicted molar refractivity (Wildman–Crippen MR) is 136 cm³/mol. The molecule has 0 bridgehead atoms. The first-order valence-corrected chi connectivity index (χ1v) is 12.2. The Balaban J connectivity index is 1.95. The van der Waals surface area contributed by atoms with Crippen LogP contribution in [-0.2, 0) is 9.53 Å². The van der Waals surface area contributed by atoms with E-state index in [1.54, 1.807) is 25.5 Å². The molecule has 3 aromatic rings. The number of ether oxygens (including phenoxy) is 3. The second kappa shape index (κ2) is 10.3. The van der Waals surface area contributed by atoms with Gasteiger partial charge in [0.05, 0.1) is 35.6 Å². The van der Waals surface area contributed by atoms with Crippen LogP contribution in [-0.4, -0.2) is 30.4 Å². The van der Waals surface area contributed by atoms with Crippen LogP contribution in [0.1, 0.15) is 44.9 Å². The molecular weight excluding hydrogens is 464 g/mol. The molecule has 35 heavy (non-hydrogen) atoms. The molecule has 1 atom stereocenters. The summed E-state index contributed by atoms with van der Waals surface area (Å²) < 4.78 is 18.7. The molecule has 182 valence electrons. The lowest BCUT2D eigenvalue weighted by Crippen LogP contribution is -2.40. The van der Waals surface area contributed by atoms with Crippen molar-refractivity contribution in [2.24, 2.45) is 4.99 Å². The zero-order chi connectivity index (χ0) is 25.1. The summed E-state index contributed by atoms with van der Waals surface area (Å²) >= 11 is 1.29. The maximum absolute atomic E-state index is 13.7. The summed E-state index contributed by atoms with van der Waals surface area (Å²) in [7, 11) is 1.61. The average Bonchev–Trinajstić information content (AvgIpc) is 3.13. The molecule has 1 unspecified atom stereocenters. The van der Waals surface area contributed by atoms with Crippen molar-refractivity contribution in [3.8, 4) is 11.5 Å². The first-order chi connectivity index (χ1) is 16.8. The molecule has 0 amide bonds. The number of carbonyl (C=O) groups is 1. The summed E-state index contributed by atoms with van der Waals surface area (Å²) in [5, 5.41) is 0. The van der Waals surface area contributed by atoms with E-state index < -0.39 is 12.0 Å². The van der Waals surface area contributed by atoms with Gasteiger partial charge in [-0.3, -0.25) is 9.36 Å². The van der Waals surface area contributed by atoms with E-state index in [9.17, 15) is 9.59 Å². The molecule has 0 saturated carbocycles. The number of aromatic nitrogens is 1. The number of nitrogens with zero attached hydrogens (tertiary/aromatic N) is 2. The third kappa shape index (κ3) is 4.93. The van der Waals surface area contributed by atoms with Crippen LogP contribution in [0.25, 0.3) is 6.08 Å². The molecule has 0 fully saturated rings. The van der Waals surface area contributed by atoms with Gasteiger partial charge in [-0.2, -0.15) is 0 Å². The third-order valence-corrected chi connectivity index (χ3v) is 6.49. The van der Waals surface area contributed by atoms with E-state index in [0.717, 1.165) is 11.3 Å². The van der Waals surface area contributed by atoms with Crippen molar-refractivity contribution in [1.82, 2.24) is 4.57 Å². The van der Waals surface area contributed by atoms with Gasteiger partial charge < -0.3 is 14.2 Å². The Morgan fingerprint density at radius 2 is 1.89 bits per heavy atom. The van der Waals surface area contributed by atoms with Crippen molar-refractivity contribution >= 4 is 23.4 Å². The molecule has 1 aliphatic heterocycles. The number of rotatable bonds is 7. The fourth-order valence-corrected chi connectivity index (χ4v) is 5.05. The van der Waals surface area contributed by atoms with Gasteiger partial charge in [0.25, 0.3) is 5.56 Å². The Hall–Kier alpha value is -3.65. The second-order valence-corrected chi connectivity index (χ2v) is 9.29. The Kier molecular flexibility index (Phi) is 7.21. The number of benzene rings is 2. The summed E-state index contributed by atoms with van der Waals surface area (Å²) in [5.41, 5.74) is 2.18. The average molecular weight is 493 g/mol. The molecule has 0 saturated heterocycles. The third-order valence-electron chi connectivity index (χ3n) is 5.51. The van der Waals surface area contributed by atoms with E-state index >= 15 is 0 Å². The minimum Gasteiger partial charge on any atom is -0.497 e. The van der Waals surface area contributed by atoms with Gasteiger partial charge in [-0.1, -0.05) is 41.7 Å². The van der Waals surface area contributed by atoms with Gasteiger partial charge in [0.15, 0.2) is 4.80 Å². The summed E-state index contributed by atoms with van der Waals surface area (Å²) in [6, 6.07) is 14.2. The van der Waals surface area contributed by atoms with Crippen molar-refractivity contribution in [3.05, 3.63) is 90.6 Å². The standard InChI is InChI=1S/C27H28N2O5S/c1-6-33-26(31)23-17(4)28-27-29(24(23)20-9-7-8-10-21(20)34-16(2)3)25(30)22(35-27)15-18-11-13-19(32-5)14-12-18/h7-16,24H,6H2,1-5H3/b22-15-. The number of allylic oxidation sites excluding steroid dienone is 1. The van der Waals surface area contributed by atoms with Gasteiger partial charge in [0.1, 0.15) is 17.5 Å². The van der Waals surface area contributed by atoms with Crippen molar-refractivity contribution in [1.29, 1.82) is 0 Å². The van der Waals surface area contributed by atoms with Crippen LogP contribution in [0.15, 0.2) is 69.6 Å². The van der Waals surface area contributed by atoms with E-state index in [0.29, 0.717) is 31.9 Å². The van der Waals surface area contributed by atoms with Crippen LogP contribution in [0.4, 0.5) is 0 Å². The highest BCUT2D eigenvalue weighted by molar-refractivity contribution is 7.07. The van der Waals surface area contributed by atoms with Crippen molar-refractivity contribution in [2.45, 2.75) is 39.8 Å². The van der Waals surface area contributed by atoms with E-state index in [1.165, 1.54) is 11.3 Å². The van der Waals surface area contributed by atoms with Gasteiger partial charge in [0, 0.05) is 5.56 Å². The first kappa shape index (κ1) is 24.5. The van der Waals surface area contributed by atoms with Crippen molar-refractivity contribution < 1.29 is 19.0 Å². The number of para-hydroxylation sites is 1. The number of carbonyl (C=O) groups excluding carboxylic acids is 1. The van der Waals surface area contributed by atoms with Crippen LogP contribution >= 0.6 is 11.3 Å². The Bertz CT molecular complexity index is 1450. The fraction of sp³-hybridized carbons (Fsp3) is 0.296. The van der Waals surface area contributed by atoms with E-state index in [4.69, 9.17) is 14.2 Å². The molecule has 2 heterocycles. The normalized spacial score (nSPS) is 15.6. The second-order valence-electron chi connectivity index (χ2n) is 8.28. The summed E-state index contributed by atoms with van der Waals surface area (Å²) in [4.78, 5) is 32.0. The highest BCUT2D eigenvalue weighted by atomic mass is 32.1. The highest BCUT2D eigenvalue weighted by Crippen LogP contribution is 2.36. The van der Waals surface area contributed by atoms with Crippen LogP contribution in [0, 0.1) is 0 Å². The van der Waals surface area contributed by atoms with Crippen molar-refractivity contribution in [2.75, 3.05) is 13.7 Å². The Morgan fingerprint density at radius 1 is 1.17 bits per heavy atom. The Labute approximate surface area is 207 Å². The molecule has 0 radical (unpaired) electrons. The summed E-state index contributed by atoms with van der Waals surface area (Å²) in [5.74, 6) is 0.844. The largest absolute Gasteiger partial charge is 0.497 e. The van der Waals surface area contributed by atoms with Gasteiger partial charge >= 0.3 is 5.97 Å². The molecule has 1 aliphatic rings. The van der Waals surface area contributed by atoms with Crippen LogP contribution < -0.4 is 24.4 Å². The number of hydrogen-bond donors (Lipinski definition) is 0. The summed E-state index contributed by atoms with van der Waals surface area (Å²) in [6.07, 6.45) is 1.73. The number of methoxy groups -OCH3 is 1. The van der Waals surface area contributed by atoms with Crippen LogP contribution in [0.5, 0.6) is 11.5 Å². The lowest BCUT2D eigenvalue weighted by atomic mass is 9.95. The van der Waals surface area contributed by atoms with Gasteiger partial charge in [-0.15, -0.1) is 0 Å². The summed E-state index contributed by atoms with van der Waals surface area (Å²) in [6.45, 7) is 7.61. The Morgan fingerprint density at radius 3 is 2.54 bits per heavy atom. The monoisotopic (exact) mass is 492 g/mol. The quantitative estimate of drug-likeness (QED) is 0.471. The first-order valence-electron chi connectivity index (χ1n) is 11.4. The maximum Gasteiger partial charge on any atom is 0.338 e. The van der Waals surface area contributed by atoms with E-state index in [-0.39, 0.29) is 18.3 Å². The molecule has 8 heteroatoms. The molecule has 0 N–H and O–H groups in total. The number of fused-ring (bicyclic) bond motifs is 1.